The maximum absolute atomic E-state index is 13.0. The van der Waals surface area contributed by atoms with Gasteiger partial charge in [-0.2, -0.15) is 5.10 Å². The van der Waals surface area contributed by atoms with Crippen LogP contribution in [-0.2, 0) is 17.6 Å². The Morgan fingerprint density at radius 1 is 1.08 bits per heavy atom. The SMILES string of the molecule is O=C(Cc1ccn(-c2ccc(F)cc2)n1)N1CCc2ccccc21. The van der Waals surface area contributed by atoms with Crippen molar-refractivity contribution in [2.75, 3.05) is 11.4 Å². The van der Waals surface area contributed by atoms with Crippen molar-refractivity contribution in [1.82, 2.24) is 9.78 Å². The van der Waals surface area contributed by atoms with Crippen LogP contribution in [0.5, 0.6) is 0 Å². The lowest BCUT2D eigenvalue weighted by Crippen LogP contribution is -2.30. The molecule has 1 amide bonds. The summed E-state index contributed by atoms with van der Waals surface area (Å²) in [6.07, 6.45) is 2.93. The summed E-state index contributed by atoms with van der Waals surface area (Å²) in [6.45, 7) is 0.719. The number of amides is 1. The molecule has 2 heterocycles. The number of carbonyl (C=O) groups is 1. The third-order valence-electron chi connectivity index (χ3n) is 4.26. The lowest BCUT2D eigenvalue weighted by Gasteiger charge is -2.16. The number of anilines is 1. The molecule has 0 bridgehead atoms. The lowest BCUT2D eigenvalue weighted by molar-refractivity contribution is -0.117. The number of halogens is 1. The average Bonchev–Trinajstić information content (AvgIpc) is 3.22. The van der Waals surface area contributed by atoms with Gasteiger partial charge in [-0.15, -0.1) is 0 Å². The van der Waals surface area contributed by atoms with Gasteiger partial charge in [0, 0.05) is 18.4 Å². The van der Waals surface area contributed by atoms with E-state index in [0.29, 0.717) is 5.69 Å². The van der Waals surface area contributed by atoms with Gasteiger partial charge in [-0.3, -0.25) is 4.79 Å². The molecule has 0 spiro atoms. The first-order valence-corrected chi connectivity index (χ1v) is 7.89. The van der Waals surface area contributed by atoms with Gasteiger partial charge < -0.3 is 4.90 Å². The van der Waals surface area contributed by atoms with Crippen LogP contribution >= 0.6 is 0 Å². The fourth-order valence-electron chi connectivity index (χ4n) is 3.04. The largest absolute Gasteiger partial charge is 0.311 e. The van der Waals surface area contributed by atoms with E-state index in [9.17, 15) is 9.18 Å². The number of rotatable bonds is 3. The summed E-state index contributed by atoms with van der Waals surface area (Å²) in [5.74, 6) is -0.238. The number of para-hydroxylation sites is 1. The molecule has 0 radical (unpaired) electrons. The van der Waals surface area contributed by atoms with Gasteiger partial charge in [-0.1, -0.05) is 18.2 Å². The number of benzene rings is 2. The van der Waals surface area contributed by atoms with Gasteiger partial charge in [0.25, 0.3) is 0 Å². The molecule has 24 heavy (non-hydrogen) atoms. The molecule has 0 atom stereocenters. The van der Waals surface area contributed by atoms with Gasteiger partial charge in [0.2, 0.25) is 5.91 Å². The molecule has 5 heteroatoms. The summed E-state index contributed by atoms with van der Waals surface area (Å²) < 4.78 is 14.6. The van der Waals surface area contributed by atoms with Crippen molar-refractivity contribution in [2.24, 2.45) is 0 Å². The van der Waals surface area contributed by atoms with Crippen LogP contribution in [0, 0.1) is 5.82 Å². The third kappa shape index (κ3) is 2.69. The molecular weight excluding hydrogens is 305 g/mol. The van der Waals surface area contributed by atoms with Crippen LogP contribution in [0.2, 0.25) is 0 Å². The van der Waals surface area contributed by atoms with E-state index in [1.807, 2.05) is 29.2 Å². The highest BCUT2D eigenvalue weighted by atomic mass is 19.1. The molecule has 120 valence electrons. The van der Waals surface area contributed by atoms with Crippen molar-refractivity contribution < 1.29 is 9.18 Å². The Hall–Kier alpha value is -2.95. The molecule has 4 rings (SSSR count). The van der Waals surface area contributed by atoms with Crippen LogP contribution in [-0.4, -0.2) is 22.2 Å². The summed E-state index contributed by atoms with van der Waals surface area (Å²) in [4.78, 5) is 14.4. The number of nitrogens with zero attached hydrogens (tertiary/aromatic N) is 3. The molecule has 0 aliphatic carbocycles. The summed E-state index contributed by atoms with van der Waals surface area (Å²) in [5.41, 5.74) is 3.68. The number of hydrogen-bond donors (Lipinski definition) is 0. The second kappa shape index (κ2) is 5.92. The minimum absolute atomic E-state index is 0.0457. The molecule has 0 fully saturated rings. The highest BCUT2D eigenvalue weighted by Crippen LogP contribution is 2.27. The van der Waals surface area contributed by atoms with Crippen LogP contribution in [0.4, 0.5) is 10.1 Å². The minimum Gasteiger partial charge on any atom is -0.311 e. The summed E-state index contributed by atoms with van der Waals surface area (Å²) in [5, 5.41) is 4.42. The van der Waals surface area contributed by atoms with Crippen molar-refractivity contribution >= 4 is 11.6 Å². The van der Waals surface area contributed by atoms with Crippen LogP contribution in [0.15, 0.2) is 60.8 Å². The highest BCUT2D eigenvalue weighted by Gasteiger charge is 2.24. The fourth-order valence-corrected chi connectivity index (χ4v) is 3.04. The molecule has 4 nitrogen and oxygen atoms in total. The fraction of sp³-hybridized carbons (Fsp3) is 0.158. The van der Waals surface area contributed by atoms with Crippen LogP contribution in [0.25, 0.3) is 5.69 Å². The number of fused-ring (bicyclic) bond motifs is 1. The van der Waals surface area contributed by atoms with Gasteiger partial charge in [0.05, 0.1) is 17.8 Å². The van der Waals surface area contributed by atoms with E-state index in [4.69, 9.17) is 0 Å². The maximum Gasteiger partial charge on any atom is 0.233 e. The Balaban J connectivity index is 1.50. The van der Waals surface area contributed by atoms with Crippen LogP contribution in [0.1, 0.15) is 11.3 Å². The lowest BCUT2D eigenvalue weighted by atomic mass is 10.2. The Bertz CT molecular complexity index is 886. The zero-order chi connectivity index (χ0) is 16.5. The van der Waals surface area contributed by atoms with Crippen molar-refractivity contribution in [3.05, 3.63) is 77.9 Å². The van der Waals surface area contributed by atoms with E-state index in [-0.39, 0.29) is 18.1 Å². The quantitative estimate of drug-likeness (QED) is 0.743. The summed E-state index contributed by atoms with van der Waals surface area (Å²) in [7, 11) is 0. The third-order valence-corrected chi connectivity index (χ3v) is 4.26. The number of aromatic nitrogens is 2. The Morgan fingerprint density at radius 3 is 2.71 bits per heavy atom. The van der Waals surface area contributed by atoms with E-state index in [2.05, 4.69) is 11.2 Å². The first-order chi connectivity index (χ1) is 11.7. The van der Waals surface area contributed by atoms with Gasteiger partial charge >= 0.3 is 0 Å². The molecule has 1 aromatic heterocycles. The monoisotopic (exact) mass is 321 g/mol. The van der Waals surface area contributed by atoms with Gasteiger partial charge in [-0.05, 0) is 48.4 Å². The maximum atomic E-state index is 13.0. The van der Waals surface area contributed by atoms with E-state index in [1.54, 1.807) is 23.0 Å². The first-order valence-electron chi connectivity index (χ1n) is 7.89. The average molecular weight is 321 g/mol. The minimum atomic E-state index is -0.283. The zero-order valence-electron chi connectivity index (χ0n) is 13.0. The first kappa shape index (κ1) is 14.6. The van der Waals surface area contributed by atoms with E-state index in [1.165, 1.54) is 17.7 Å². The molecule has 3 aromatic rings. The molecule has 2 aromatic carbocycles. The molecule has 0 saturated heterocycles. The van der Waals surface area contributed by atoms with Crippen molar-refractivity contribution in [1.29, 1.82) is 0 Å². The topological polar surface area (TPSA) is 38.1 Å². The van der Waals surface area contributed by atoms with Crippen molar-refractivity contribution in [3.63, 3.8) is 0 Å². The van der Waals surface area contributed by atoms with E-state index in [0.717, 1.165) is 24.3 Å². The normalized spacial score (nSPS) is 13.1. The van der Waals surface area contributed by atoms with Crippen molar-refractivity contribution in [3.8, 4) is 5.69 Å². The molecule has 0 unspecified atom stereocenters. The molecule has 0 saturated carbocycles. The Labute approximate surface area is 139 Å². The standard InChI is InChI=1S/C19H16FN3O/c20-15-5-7-17(8-6-15)23-12-10-16(21-23)13-19(24)22-11-9-14-3-1-2-4-18(14)22/h1-8,10,12H,9,11,13H2. The second-order valence-corrected chi connectivity index (χ2v) is 5.83. The molecule has 1 aliphatic rings. The molecular formula is C19H16FN3O. The van der Waals surface area contributed by atoms with Gasteiger partial charge in [0.15, 0.2) is 0 Å². The Morgan fingerprint density at radius 2 is 1.88 bits per heavy atom. The summed E-state index contributed by atoms with van der Waals surface area (Å²) >= 11 is 0. The molecule has 0 N–H and O–H groups in total. The number of hydrogen-bond acceptors (Lipinski definition) is 2. The predicted molar refractivity (Wildman–Crippen MR) is 89.7 cm³/mol. The van der Waals surface area contributed by atoms with Gasteiger partial charge in [0.1, 0.15) is 5.82 Å². The zero-order valence-corrected chi connectivity index (χ0v) is 13.0. The Kier molecular flexibility index (Phi) is 3.61. The second-order valence-electron chi connectivity index (χ2n) is 5.83. The van der Waals surface area contributed by atoms with Crippen LogP contribution in [0.3, 0.4) is 0 Å². The van der Waals surface area contributed by atoms with E-state index < -0.39 is 0 Å². The van der Waals surface area contributed by atoms with Crippen molar-refractivity contribution in [2.45, 2.75) is 12.8 Å². The summed E-state index contributed by atoms with van der Waals surface area (Å²) in [6, 6.07) is 15.9. The van der Waals surface area contributed by atoms with Crippen LogP contribution < -0.4 is 4.90 Å². The molecule has 1 aliphatic heterocycles. The smallest absolute Gasteiger partial charge is 0.233 e. The van der Waals surface area contributed by atoms with Gasteiger partial charge in [-0.25, -0.2) is 9.07 Å². The van der Waals surface area contributed by atoms with E-state index >= 15 is 0 Å². The predicted octanol–water partition coefficient (Wildman–Crippen LogP) is 3.14. The number of carbonyl (C=O) groups excluding carboxylic acids is 1. The highest BCUT2D eigenvalue weighted by molar-refractivity contribution is 5.96.